The maximum Gasteiger partial charge on any atom is 0.329 e. The lowest BCUT2D eigenvalue weighted by molar-refractivity contribution is -0.148. The van der Waals surface area contributed by atoms with E-state index in [-0.39, 0.29) is 42.2 Å². The molecule has 1 aromatic rings. The number of nitrogens with one attached hydrogen (secondary N) is 3. The fourth-order valence-electron chi connectivity index (χ4n) is 7.06. The molecule has 3 fully saturated rings. The third-order valence-corrected chi connectivity index (χ3v) is 10.1. The Kier molecular flexibility index (Phi) is 10.8. The minimum absolute atomic E-state index is 0.0127. The summed E-state index contributed by atoms with van der Waals surface area (Å²) in [5.74, 6) is -9.11. The molecule has 4 rings (SSSR count). The summed E-state index contributed by atoms with van der Waals surface area (Å²) in [4.78, 5) is 80.5. The van der Waals surface area contributed by atoms with Crippen molar-refractivity contribution in [1.82, 2.24) is 20.9 Å². The molecular weight excluding hydrogens is 652 g/mol. The van der Waals surface area contributed by atoms with Crippen LogP contribution in [0, 0.1) is 34.0 Å². The van der Waals surface area contributed by atoms with Crippen molar-refractivity contribution in [3.05, 3.63) is 35.9 Å². The molecule has 0 aromatic heterocycles. The van der Waals surface area contributed by atoms with Gasteiger partial charge < -0.3 is 31.3 Å². The number of fused-ring (bicyclic) bond motifs is 1. The SMILES string of the molecule is CC(C)(C)C[C@H](NC(=O)N[C@H](C(=O)N1C[C@H]2[C@@H]([C@H]1C(=O)NC(CC1CC1(F)F)C(=O)C(N)=O)C2(C)C)C(C)(C)C)C(=O)OCc1ccccc1. The number of piperidine rings is 1. The zero-order chi connectivity index (χ0) is 37.6. The number of nitrogens with zero attached hydrogens (tertiary/aromatic N) is 1. The molecule has 0 bridgehead atoms. The third-order valence-electron chi connectivity index (χ3n) is 10.1. The first kappa shape index (κ1) is 38.7. The lowest BCUT2D eigenvalue weighted by Gasteiger charge is -2.38. The molecule has 276 valence electrons. The van der Waals surface area contributed by atoms with E-state index in [0.29, 0.717) is 0 Å². The lowest BCUT2D eigenvalue weighted by atomic mass is 9.85. The van der Waals surface area contributed by atoms with E-state index in [1.807, 2.05) is 65.0 Å². The van der Waals surface area contributed by atoms with Crippen LogP contribution in [0.4, 0.5) is 13.6 Å². The Morgan fingerprint density at radius 3 is 2.08 bits per heavy atom. The minimum Gasteiger partial charge on any atom is -0.459 e. The molecular formula is C36H51F2N5O7. The van der Waals surface area contributed by atoms with Gasteiger partial charge in [0.05, 0.1) is 6.04 Å². The van der Waals surface area contributed by atoms with Crippen molar-refractivity contribution in [3.8, 4) is 0 Å². The number of rotatable bonds is 13. The van der Waals surface area contributed by atoms with E-state index in [2.05, 4.69) is 16.0 Å². The first-order valence-corrected chi connectivity index (χ1v) is 17.0. The van der Waals surface area contributed by atoms with Gasteiger partial charge >= 0.3 is 12.0 Å². The van der Waals surface area contributed by atoms with Crippen molar-refractivity contribution in [2.24, 2.45) is 39.7 Å². The van der Waals surface area contributed by atoms with Gasteiger partial charge in [-0.2, -0.15) is 0 Å². The molecule has 1 aliphatic heterocycles. The summed E-state index contributed by atoms with van der Waals surface area (Å²) in [6.45, 7) is 15.0. The number of carbonyl (C=O) groups is 6. The fraction of sp³-hybridized carbons (Fsp3) is 0.667. The van der Waals surface area contributed by atoms with E-state index < -0.39 is 89.8 Å². The van der Waals surface area contributed by atoms with Crippen LogP contribution in [0.25, 0.3) is 0 Å². The second-order valence-electron chi connectivity index (χ2n) is 16.9. The Hall–Kier alpha value is -4.10. The molecule has 1 heterocycles. The van der Waals surface area contributed by atoms with E-state index in [9.17, 15) is 37.5 Å². The normalized spacial score (nSPS) is 24.9. The number of amides is 5. The third kappa shape index (κ3) is 8.97. The first-order valence-electron chi connectivity index (χ1n) is 17.0. The predicted molar refractivity (Wildman–Crippen MR) is 179 cm³/mol. The number of hydrogen-bond donors (Lipinski definition) is 4. The van der Waals surface area contributed by atoms with Gasteiger partial charge in [-0.05, 0) is 46.5 Å². The van der Waals surface area contributed by atoms with Gasteiger partial charge in [0.2, 0.25) is 17.6 Å². The quantitative estimate of drug-likeness (QED) is 0.180. The second-order valence-corrected chi connectivity index (χ2v) is 16.9. The van der Waals surface area contributed by atoms with E-state index >= 15 is 0 Å². The smallest absolute Gasteiger partial charge is 0.329 e. The Bertz CT molecular complexity index is 1500. The Labute approximate surface area is 292 Å². The number of hydrogen-bond acceptors (Lipinski definition) is 7. The highest BCUT2D eigenvalue weighted by molar-refractivity contribution is 6.37. The topological polar surface area (TPSA) is 177 Å². The summed E-state index contributed by atoms with van der Waals surface area (Å²) in [6, 6.07) is 3.45. The molecule has 14 heteroatoms. The molecule has 0 radical (unpaired) electrons. The van der Waals surface area contributed by atoms with Gasteiger partial charge in [-0.1, -0.05) is 85.7 Å². The molecule has 3 aliphatic rings. The van der Waals surface area contributed by atoms with Crippen LogP contribution in [-0.4, -0.2) is 77.0 Å². The largest absolute Gasteiger partial charge is 0.459 e. The minimum atomic E-state index is -3.00. The number of likely N-dealkylation sites (tertiary alicyclic amines) is 1. The Morgan fingerprint density at radius 1 is 0.960 bits per heavy atom. The number of ketones is 1. The number of nitrogens with two attached hydrogens (primary N) is 1. The second kappa shape index (κ2) is 13.9. The Morgan fingerprint density at radius 2 is 1.56 bits per heavy atom. The number of benzene rings is 1. The number of esters is 1. The van der Waals surface area contributed by atoms with Crippen molar-refractivity contribution in [2.75, 3.05) is 6.54 Å². The number of primary amides is 1. The predicted octanol–water partition coefficient (Wildman–Crippen LogP) is 3.32. The van der Waals surface area contributed by atoms with Gasteiger partial charge in [0.1, 0.15) is 24.7 Å². The van der Waals surface area contributed by atoms with Crippen LogP contribution in [0.15, 0.2) is 30.3 Å². The van der Waals surface area contributed by atoms with E-state index in [0.717, 1.165) is 5.56 Å². The zero-order valence-corrected chi connectivity index (χ0v) is 30.1. The maximum absolute atomic E-state index is 14.3. The van der Waals surface area contributed by atoms with E-state index in [4.69, 9.17) is 10.5 Å². The monoisotopic (exact) mass is 703 g/mol. The van der Waals surface area contributed by atoms with Gasteiger partial charge in [-0.3, -0.25) is 19.2 Å². The summed E-state index contributed by atoms with van der Waals surface area (Å²) < 4.78 is 33.0. The van der Waals surface area contributed by atoms with Gasteiger partial charge in [0, 0.05) is 18.9 Å². The van der Waals surface area contributed by atoms with E-state index in [1.54, 1.807) is 20.8 Å². The van der Waals surface area contributed by atoms with Crippen LogP contribution in [0.1, 0.15) is 80.2 Å². The molecule has 2 unspecified atom stereocenters. The molecule has 1 saturated heterocycles. The Balaban J connectivity index is 1.51. The van der Waals surface area contributed by atoms with Crippen molar-refractivity contribution >= 4 is 35.5 Å². The highest BCUT2D eigenvalue weighted by Gasteiger charge is 2.70. The number of halogens is 2. The number of alkyl halides is 2. The van der Waals surface area contributed by atoms with Crippen LogP contribution >= 0.6 is 0 Å². The van der Waals surface area contributed by atoms with Crippen LogP contribution in [0.3, 0.4) is 0 Å². The average molecular weight is 704 g/mol. The highest BCUT2D eigenvalue weighted by atomic mass is 19.3. The van der Waals surface area contributed by atoms with Crippen LogP contribution in [0.5, 0.6) is 0 Å². The molecule has 2 saturated carbocycles. The van der Waals surface area contributed by atoms with Crippen LogP contribution in [0.2, 0.25) is 0 Å². The van der Waals surface area contributed by atoms with Crippen molar-refractivity contribution in [1.29, 1.82) is 0 Å². The molecule has 0 spiro atoms. The van der Waals surface area contributed by atoms with Crippen molar-refractivity contribution in [2.45, 2.75) is 111 Å². The lowest BCUT2D eigenvalue weighted by Crippen LogP contribution is -2.62. The standard InChI is InChI=1S/C36H51F2N5O7/c1-33(2,3)16-23(31(48)50-18-19-12-10-9-11-13-19)41-32(49)42-27(34(4,5)6)30(47)43-17-21-24(35(21,7)8)25(43)29(46)40-22(26(44)28(39)45)14-20-15-36(20,37)38/h9-13,20-25,27H,14-18H2,1-8H3,(H2,39,45)(H,40,46)(H2,41,42,49)/t20?,21-,22?,23-,24-,25-,27+/m0/s1. The van der Waals surface area contributed by atoms with Gasteiger partial charge in [-0.25, -0.2) is 18.4 Å². The molecule has 1 aromatic carbocycles. The van der Waals surface area contributed by atoms with Gasteiger partial charge in [0.15, 0.2) is 0 Å². The number of Topliss-reactive ketones (excluding diaryl/α,β-unsaturated/α-hetero) is 1. The molecule has 50 heavy (non-hydrogen) atoms. The molecule has 2 aliphatic carbocycles. The molecule has 7 atom stereocenters. The van der Waals surface area contributed by atoms with Gasteiger partial charge in [-0.15, -0.1) is 0 Å². The van der Waals surface area contributed by atoms with Crippen molar-refractivity contribution in [3.63, 3.8) is 0 Å². The molecule has 12 nitrogen and oxygen atoms in total. The summed E-state index contributed by atoms with van der Waals surface area (Å²) in [7, 11) is 0. The van der Waals surface area contributed by atoms with Gasteiger partial charge in [0.25, 0.3) is 11.8 Å². The van der Waals surface area contributed by atoms with Crippen molar-refractivity contribution < 1.29 is 42.3 Å². The average Bonchev–Trinajstić information content (AvgIpc) is 3.66. The zero-order valence-electron chi connectivity index (χ0n) is 30.1. The number of urea groups is 1. The summed E-state index contributed by atoms with van der Waals surface area (Å²) in [6.07, 6.45) is -0.693. The maximum atomic E-state index is 14.3. The summed E-state index contributed by atoms with van der Waals surface area (Å²) in [5.41, 5.74) is 4.37. The van der Waals surface area contributed by atoms with Crippen LogP contribution < -0.4 is 21.7 Å². The fourth-order valence-corrected chi connectivity index (χ4v) is 7.06. The summed E-state index contributed by atoms with van der Waals surface area (Å²) >= 11 is 0. The number of ether oxygens (including phenoxy) is 1. The highest BCUT2D eigenvalue weighted by Crippen LogP contribution is 2.65. The molecule has 5 N–H and O–H groups in total. The number of carbonyl (C=O) groups excluding carboxylic acids is 6. The summed E-state index contributed by atoms with van der Waals surface area (Å²) in [5, 5.41) is 7.88. The first-order chi connectivity index (χ1) is 22.9. The van der Waals surface area contributed by atoms with Crippen LogP contribution in [-0.2, 0) is 35.3 Å². The van der Waals surface area contributed by atoms with E-state index in [1.165, 1.54) is 4.90 Å². The molecule has 5 amide bonds.